The van der Waals surface area contributed by atoms with Crippen LogP contribution in [0.5, 0.6) is 0 Å². The van der Waals surface area contributed by atoms with Crippen molar-refractivity contribution in [2.24, 2.45) is 17.3 Å². The first-order valence-corrected chi connectivity index (χ1v) is 7.62. The number of carbonyl (C=O) groups is 1. The highest BCUT2D eigenvalue weighted by molar-refractivity contribution is 5.71. The van der Waals surface area contributed by atoms with Crippen LogP contribution in [0.15, 0.2) is 0 Å². The molecule has 1 N–H and O–H groups in total. The average molecular weight is 285 g/mol. The fourth-order valence-electron chi connectivity index (χ4n) is 3.36. The third-order valence-electron chi connectivity index (χ3n) is 4.98. The molecular formula is C16H31NO3. The fraction of sp³-hybridized carbons (Fsp3) is 0.938. The molecule has 4 nitrogen and oxygen atoms in total. The number of rotatable bonds is 5. The molecule has 0 saturated heterocycles. The Balaban J connectivity index is 2.86. The van der Waals surface area contributed by atoms with Gasteiger partial charge in [0.05, 0.1) is 12.5 Å². The Kier molecular flexibility index (Phi) is 6.02. The number of hydrogen-bond donors (Lipinski definition) is 1. The Hall–Kier alpha value is -0.610. The second-order valence-electron chi connectivity index (χ2n) is 7.36. The lowest BCUT2D eigenvalue weighted by Crippen LogP contribution is -2.51. The molecule has 1 aliphatic rings. The van der Waals surface area contributed by atoms with Gasteiger partial charge < -0.3 is 9.84 Å². The van der Waals surface area contributed by atoms with Gasteiger partial charge in [0.15, 0.2) is 0 Å². The molecule has 20 heavy (non-hydrogen) atoms. The van der Waals surface area contributed by atoms with Gasteiger partial charge in [0.2, 0.25) is 0 Å². The Morgan fingerprint density at radius 1 is 1.40 bits per heavy atom. The molecule has 4 atom stereocenters. The minimum Gasteiger partial charge on any atom is -0.481 e. The van der Waals surface area contributed by atoms with Crippen molar-refractivity contribution in [3.8, 4) is 0 Å². The van der Waals surface area contributed by atoms with Crippen LogP contribution in [0.3, 0.4) is 0 Å². The SMILES string of the molecule is COCC(C)N(C)C1CC(C(C)(C)C)CCC1C(=O)O. The van der Waals surface area contributed by atoms with Gasteiger partial charge in [0.1, 0.15) is 0 Å². The van der Waals surface area contributed by atoms with E-state index in [4.69, 9.17) is 4.74 Å². The number of carboxylic acids is 1. The maximum Gasteiger partial charge on any atom is 0.308 e. The predicted molar refractivity (Wildman–Crippen MR) is 80.8 cm³/mol. The van der Waals surface area contributed by atoms with Gasteiger partial charge in [-0.25, -0.2) is 0 Å². The van der Waals surface area contributed by atoms with Crippen LogP contribution in [0.1, 0.15) is 47.0 Å². The normalized spacial score (nSPS) is 29.4. The monoisotopic (exact) mass is 285 g/mol. The number of likely N-dealkylation sites (N-methyl/N-ethyl adjacent to an activating group) is 1. The van der Waals surface area contributed by atoms with Gasteiger partial charge in [-0.1, -0.05) is 20.8 Å². The number of nitrogens with zero attached hydrogens (tertiary/aromatic N) is 1. The number of methoxy groups -OCH3 is 1. The Bertz CT molecular complexity index is 324. The number of carboxylic acid groups (broad SMARTS) is 1. The van der Waals surface area contributed by atoms with E-state index in [9.17, 15) is 9.90 Å². The molecule has 0 aromatic carbocycles. The quantitative estimate of drug-likeness (QED) is 0.844. The summed E-state index contributed by atoms with van der Waals surface area (Å²) in [6.45, 7) is 9.51. The van der Waals surface area contributed by atoms with Crippen LogP contribution < -0.4 is 0 Å². The van der Waals surface area contributed by atoms with Crippen LogP contribution in [-0.2, 0) is 9.53 Å². The van der Waals surface area contributed by atoms with Crippen molar-refractivity contribution in [2.75, 3.05) is 20.8 Å². The highest BCUT2D eigenvalue weighted by Crippen LogP contribution is 2.41. The Morgan fingerprint density at radius 3 is 2.45 bits per heavy atom. The second kappa shape index (κ2) is 6.90. The second-order valence-corrected chi connectivity index (χ2v) is 7.36. The van der Waals surface area contributed by atoms with Gasteiger partial charge in [-0.05, 0) is 44.6 Å². The summed E-state index contributed by atoms with van der Waals surface area (Å²) in [6, 6.07) is 0.348. The van der Waals surface area contributed by atoms with Crippen molar-refractivity contribution in [1.29, 1.82) is 0 Å². The molecule has 4 heteroatoms. The Morgan fingerprint density at radius 2 is 2.00 bits per heavy atom. The summed E-state index contributed by atoms with van der Waals surface area (Å²) >= 11 is 0. The van der Waals surface area contributed by atoms with E-state index >= 15 is 0 Å². The topological polar surface area (TPSA) is 49.8 Å². The maximum atomic E-state index is 11.5. The molecule has 1 saturated carbocycles. The van der Waals surface area contributed by atoms with Crippen molar-refractivity contribution in [2.45, 2.75) is 59.0 Å². The molecule has 0 radical (unpaired) electrons. The first-order valence-electron chi connectivity index (χ1n) is 7.62. The van der Waals surface area contributed by atoms with Crippen LogP contribution >= 0.6 is 0 Å². The lowest BCUT2D eigenvalue weighted by molar-refractivity contribution is -0.147. The zero-order chi connectivity index (χ0) is 15.5. The molecule has 118 valence electrons. The number of aliphatic carboxylic acids is 1. The molecule has 0 aromatic rings. The van der Waals surface area contributed by atoms with Crippen molar-refractivity contribution in [1.82, 2.24) is 4.90 Å². The van der Waals surface area contributed by atoms with Crippen molar-refractivity contribution < 1.29 is 14.6 Å². The van der Waals surface area contributed by atoms with Gasteiger partial charge in [0, 0.05) is 19.2 Å². The summed E-state index contributed by atoms with van der Waals surface area (Å²) in [5, 5.41) is 9.50. The summed E-state index contributed by atoms with van der Waals surface area (Å²) in [5.41, 5.74) is 0.243. The van der Waals surface area contributed by atoms with Gasteiger partial charge in [0.25, 0.3) is 0 Å². The van der Waals surface area contributed by atoms with E-state index in [0.717, 1.165) is 19.3 Å². The molecule has 0 heterocycles. The van der Waals surface area contributed by atoms with Gasteiger partial charge in [-0.15, -0.1) is 0 Å². The standard InChI is InChI=1S/C16H31NO3/c1-11(10-20-6)17(5)14-9-12(16(2,3)4)7-8-13(14)15(18)19/h11-14H,7-10H2,1-6H3,(H,18,19). The van der Waals surface area contributed by atoms with Crippen molar-refractivity contribution in [3.05, 3.63) is 0 Å². The maximum absolute atomic E-state index is 11.5. The highest BCUT2D eigenvalue weighted by atomic mass is 16.5. The third-order valence-corrected chi connectivity index (χ3v) is 4.98. The molecule has 1 fully saturated rings. The van der Waals surface area contributed by atoms with Gasteiger partial charge >= 0.3 is 5.97 Å². The largest absolute Gasteiger partial charge is 0.481 e. The summed E-state index contributed by atoms with van der Waals surface area (Å²) in [7, 11) is 3.73. The van der Waals surface area contributed by atoms with E-state index in [1.54, 1.807) is 7.11 Å². The predicted octanol–water partition coefficient (Wildman–Crippen LogP) is 2.87. The number of ether oxygens (including phenoxy) is 1. The average Bonchev–Trinajstić information content (AvgIpc) is 2.36. The minimum absolute atomic E-state index is 0.107. The third kappa shape index (κ3) is 4.19. The molecule has 1 rings (SSSR count). The van der Waals surface area contributed by atoms with E-state index in [1.165, 1.54) is 0 Å². The van der Waals surface area contributed by atoms with Gasteiger partial charge in [-0.2, -0.15) is 0 Å². The molecule has 0 aliphatic heterocycles. The fourth-order valence-corrected chi connectivity index (χ4v) is 3.36. The van der Waals surface area contributed by atoms with Crippen LogP contribution in [0, 0.1) is 17.3 Å². The van der Waals surface area contributed by atoms with Crippen LogP contribution in [-0.4, -0.2) is 48.8 Å². The van der Waals surface area contributed by atoms with Crippen LogP contribution in [0.4, 0.5) is 0 Å². The molecule has 0 spiro atoms. The summed E-state index contributed by atoms with van der Waals surface area (Å²) < 4.78 is 5.22. The van der Waals surface area contributed by atoms with Gasteiger partial charge in [-0.3, -0.25) is 9.69 Å². The first-order chi connectivity index (χ1) is 9.18. The van der Waals surface area contributed by atoms with Crippen LogP contribution in [0.2, 0.25) is 0 Å². The lowest BCUT2D eigenvalue weighted by Gasteiger charge is -2.45. The van der Waals surface area contributed by atoms with E-state index in [0.29, 0.717) is 12.5 Å². The van der Waals surface area contributed by atoms with E-state index in [2.05, 4.69) is 32.6 Å². The zero-order valence-electron chi connectivity index (χ0n) is 13.8. The van der Waals surface area contributed by atoms with E-state index in [-0.39, 0.29) is 23.4 Å². The molecule has 4 unspecified atom stereocenters. The van der Waals surface area contributed by atoms with Crippen LogP contribution in [0.25, 0.3) is 0 Å². The molecule has 0 aromatic heterocycles. The summed E-state index contributed by atoms with van der Waals surface area (Å²) in [5.74, 6) is -0.322. The zero-order valence-corrected chi connectivity index (χ0v) is 13.8. The van der Waals surface area contributed by atoms with E-state index < -0.39 is 5.97 Å². The lowest BCUT2D eigenvalue weighted by atomic mass is 9.67. The first kappa shape index (κ1) is 17.4. The number of hydrogen-bond acceptors (Lipinski definition) is 3. The highest BCUT2D eigenvalue weighted by Gasteiger charge is 2.41. The molecule has 1 aliphatic carbocycles. The van der Waals surface area contributed by atoms with Crippen molar-refractivity contribution in [3.63, 3.8) is 0 Å². The van der Waals surface area contributed by atoms with E-state index in [1.807, 2.05) is 7.05 Å². The van der Waals surface area contributed by atoms with Crippen molar-refractivity contribution >= 4 is 5.97 Å². The smallest absolute Gasteiger partial charge is 0.308 e. The minimum atomic E-state index is -0.654. The molecular weight excluding hydrogens is 254 g/mol. The molecule has 0 amide bonds. The Labute approximate surface area is 123 Å². The summed E-state index contributed by atoms with van der Waals surface area (Å²) in [6.07, 6.45) is 2.76. The summed E-state index contributed by atoms with van der Waals surface area (Å²) in [4.78, 5) is 13.8. The molecule has 0 bridgehead atoms.